The van der Waals surface area contributed by atoms with Gasteiger partial charge in [0.2, 0.25) is 0 Å². The molecule has 0 aromatic carbocycles. The number of aromatic nitrogens is 3. The Morgan fingerprint density at radius 3 is 2.41 bits per heavy atom. The Kier molecular flexibility index (Phi) is 5.91. The molecule has 1 aromatic rings. The molecular weight excluding hydrogens is 262 g/mol. The molecule has 0 saturated carbocycles. The van der Waals surface area contributed by atoms with Gasteiger partial charge in [-0.1, -0.05) is 39.0 Å². The molecule has 0 atom stereocenters. The van der Waals surface area contributed by atoms with Gasteiger partial charge in [-0.2, -0.15) is 0 Å². The lowest BCUT2D eigenvalue weighted by molar-refractivity contribution is 0.598. The van der Waals surface area contributed by atoms with E-state index in [2.05, 4.69) is 22.1 Å². The first-order chi connectivity index (χ1) is 8.04. The molecule has 0 unspecified atom stereocenters. The highest BCUT2D eigenvalue weighted by Gasteiger charge is 2.16. The zero-order chi connectivity index (χ0) is 12.7. The molecule has 7 heteroatoms. The Labute approximate surface area is 106 Å². The molecule has 1 aromatic heterocycles. The second-order valence-corrected chi connectivity index (χ2v) is 6.48. The maximum absolute atomic E-state index is 10.9. The maximum atomic E-state index is 10.9. The van der Waals surface area contributed by atoms with Crippen molar-refractivity contribution >= 4 is 19.7 Å². The molecule has 0 amide bonds. The summed E-state index contributed by atoms with van der Waals surface area (Å²) < 4.78 is 21.8. The molecular formula is C10H18ClN3O2S. The lowest BCUT2D eigenvalue weighted by Gasteiger charge is -1.98. The number of aryl methyl sites for hydroxylation is 1. The van der Waals surface area contributed by atoms with E-state index in [0.717, 1.165) is 12.8 Å². The summed E-state index contributed by atoms with van der Waals surface area (Å²) in [7, 11) is 1.31. The van der Waals surface area contributed by atoms with Crippen molar-refractivity contribution in [2.45, 2.75) is 57.0 Å². The van der Waals surface area contributed by atoms with Crippen LogP contribution in [-0.4, -0.2) is 23.6 Å². The molecule has 0 saturated heterocycles. The molecule has 0 aliphatic carbocycles. The highest BCUT2D eigenvalue weighted by Crippen LogP contribution is 2.11. The Balaban J connectivity index is 2.26. The fourth-order valence-corrected chi connectivity index (χ4v) is 2.15. The van der Waals surface area contributed by atoms with Crippen LogP contribution in [0.3, 0.4) is 0 Å². The van der Waals surface area contributed by atoms with Gasteiger partial charge >= 0.3 is 0 Å². The van der Waals surface area contributed by atoms with Crippen molar-refractivity contribution in [1.82, 2.24) is 15.2 Å². The van der Waals surface area contributed by atoms with Crippen molar-refractivity contribution < 1.29 is 8.42 Å². The molecule has 1 N–H and O–H groups in total. The molecule has 5 nitrogen and oxygen atoms in total. The Morgan fingerprint density at radius 1 is 1.18 bits per heavy atom. The van der Waals surface area contributed by atoms with Crippen LogP contribution in [0.25, 0.3) is 0 Å². The molecule has 1 heterocycles. The smallest absolute Gasteiger partial charge is 0.262 e. The van der Waals surface area contributed by atoms with Crippen molar-refractivity contribution in [3.05, 3.63) is 5.82 Å². The third-order valence-electron chi connectivity index (χ3n) is 2.50. The minimum Gasteiger partial charge on any atom is -0.262 e. The molecule has 0 spiro atoms. The molecule has 0 fully saturated rings. The lowest BCUT2D eigenvalue weighted by Crippen LogP contribution is -1.93. The van der Waals surface area contributed by atoms with E-state index >= 15 is 0 Å². The second-order valence-electron chi connectivity index (χ2n) is 4.02. The zero-order valence-corrected chi connectivity index (χ0v) is 11.5. The monoisotopic (exact) mass is 279 g/mol. The highest BCUT2D eigenvalue weighted by atomic mass is 35.7. The van der Waals surface area contributed by atoms with Gasteiger partial charge in [0.15, 0.2) is 0 Å². The predicted molar refractivity (Wildman–Crippen MR) is 66.5 cm³/mol. The average Bonchev–Trinajstić information content (AvgIpc) is 2.71. The number of hydrogen-bond donors (Lipinski definition) is 1. The highest BCUT2D eigenvalue weighted by molar-refractivity contribution is 8.13. The van der Waals surface area contributed by atoms with Gasteiger partial charge in [0.1, 0.15) is 5.82 Å². The summed E-state index contributed by atoms with van der Waals surface area (Å²) in [5.41, 5.74) is 0. The van der Waals surface area contributed by atoms with Crippen LogP contribution < -0.4 is 0 Å². The zero-order valence-electron chi connectivity index (χ0n) is 9.95. The van der Waals surface area contributed by atoms with Crippen LogP contribution >= 0.6 is 10.7 Å². The van der Waals surface area contributed by atoms with Gasteiger partial charge in [-0.3, -0.25) is 5.10 Å². The second kappa shape index (κ2) is 6.96. The molecule has 0 bridgehead atoms. The van der Waals surface area contributed by atoms with E-state index in [1.54, 1.807) is 0 Å². The van der Waals surface area contributed by atoms with Crippen LogP contribution in [0.4, 0.5) is 0 Å². The van der Waals surface area contributed by atoms with E-state index < -0.39 is 9.05 Å². The average molecular weight is 280 g/mol. The van der Waals surface area contributed by atoms with E-state index in [0.29, 0.717) is 12.2 Å². The summed E-state index contributed by atoms with van der Waals surface area (Å²) in [4.78, 5) is 3.83. The number of nitrogens with zero attached hydrogens (tertiary/aromatic N) is 2. The van der Waals surface area contributed by atoms with Crippen LogP contribution in [0.15, 0.2) is 5.16 Å². The van der Waals surface area contributed by atoms with Crippen molar-refractivity contribution in [2.75, 3.05) is 0 Å². The SMILES string of the molecule is CCCCCCCCc1nc(S(=O)(=O)Cl)n[nH]1. The lowest BCUT2D eigenvalue weighted by atomic mass is 10.1. The van der Waals surface area contributed by atoms with Crippen molar-refractivity contribution in [3.8, 4) is 0 Å². The fourth-order valence-electron chi connectivity index (χ4n) is 1.57. The first-order valence-corrected chi connectivity index (χ1v) is 8.21. The standard InChI is InChI=1S/C10H18ClN3O2S/c1-2-3-4-5-6-7-8-9-12-10(14-13-9)17(11,15)16/h2-8H2,1H3,(H,12,13,14). The van der Waals surface area contributed by atoms with Crippen molar-refractivity contribution in [2.24, 2.45) is 0 Å². The van der Waals surface area contributed by atoms with Crippen LogP contribution in [-0.2, 0) is 15.5 Å². The van der Waals surface area contributed by atoms with Crippen LogP contribution in [0.5, 0.6) is 0 Å². The fraction of sp³-hybridized carbons (Fsp3) is 0.800. The largest absolute Gasteiger partial charge is 0.298 e. The number of H-pyrrole nitrogens is 1. The van der Waals surface area contributed by atoms with Crippen molar-refractivity contribution in [3.63, 3.8) is 0 Å². The predicted octanol–water partition coefficient (Wildman–Crippen LogP) is 2.64. The number of hydrogen-bond acceptors (Lipinski definition) is 4. The molecule has 0 aliphatic rings. The number of halogens is 1. The van der Waals surface area contributed by atoms with Gasteiger partial charge in [-0.05, 0) is 6.42 Å². The van der Waals surface area contributed by atoms with Crippen LogP contribution in [0, 0.1) is 0 Å². The topological polar surface area (TPSA) is 75.7 Å². The van der Waals surface area contributed by atoms with Crippen molar-refractivity contribution in [1.29, 1.82) is 0 Å². The van der Waals surface area contributed by atoms with E-state index in [-0.39, 0.29) is 5.16 Å². The summed E-state index contributed by atoms with van der Waals surface area (Å²) in [5.74, 6) is 0.583. The molecule has 0 aliphatic heterocycles. The maximum Gasteiger partial charge on any atom is 0.298 e. The third-order valence-corrected chi connectivity index (χ3v) is 3.53. The summed E-state index contributed by atoms with van der Waals surface area (Å²) in [6.07, 6.45) is 7.81. The Hall–Kier alpha value is -0.620. The molecule has 17 heavy (non-hydrogen) atoms. The molecule has 98 valence electrons. The number of nitrogens with one attached hydrogen (secondary N) is 1. The Morgan fingerprint density at radius 2 is 1.82 bits per heavy atom. The van der Waals surface area contributed by atoms with Gasteiger partial charge in [0.25, 0.3) is 14.2 Å². The third kappa shape index (κ3) is 5.50. The normalized spacial score (nSPS) is 11.9. The summed E-state index contributed by atoms with van der Waals surface area (Å²) in [6, 6.07) is 0. The summed E-state index contributed by atoms with van der Waals surface area (Å²) in [6.45, 7) is 2.18. The molecule has 0 radical (unpaired) electrons. The number of rotatable bonds is 8. The first kappa shape index (κ1) is 14.4. The minimum atomic E-state index is -3.81. The van der Waals surface area contributed by atoms with Crippen LogP contribution in [0.1, 0.15) is 51.3 Å². The Bertz CT molecular complexity index is 431. The first-order valence-electron chi connectivity index (χ1n) is 5.90. The number of aromatic amines is 1. The van der Waals surface area contributed by atoms with Gasteiger partial charge in [-0.15, -0.1) is 5.10 Å². The summed E-state index contributed by atoms with van der Waals surface area (Å²) in [5, 5.41) is 5.82. The van der Waals surface area contributed by atoms with Crippen LogP contribution in [0.2, 0.25) is 0 Å². The minimum absolute atomic E-state index is 0.333. The van der Waals surface area contributed by atoms with E-state index in [1.807, 2.05) is 0 Å². The molecule has 1 rings (SSSR count). The van der Waals surface area contributed by atoms with Gasteiger partial charge in [-0.25, -0.2) is 13.4 Å². The van der Waals surface area contributed by atoms with Gasteiger partial charge in [0.05, 0.1) is 0 Å². The quantitative estimate of drug-likeness (QED) is 0.586. The van der Waals surface area contributed by atoms with Gasteiger partial charge < -0.3 is 0 Å². The summed E-state index contributed by atoms with van der Waals surface area (Å²) >= 11 is 0. The number of unbranched alkanes of at least 4 members (excludes halogenated alkanes) is 5. The van der Waals surface area contributed by atoms with Gasteiger partial charge in [0, 0.05) is 17.1 Å². The van der Waals surface area contributed by atoms with E-state index in [4.69, 9.17) is 10.7 Å². The van der Waals surface area contributed by atoms with E-state index in [1.165, 1.54) is 25.7 Å². The van der Waals surface area contributed by atoms with E-state index in [9.17, 15) is 8.42 Å².